The van der Waals surface area contributed by atoms with Crippen molar-refractivity contribution in [1.29, 1.82) is 0 Å². The summed E-state index contributed by atoms with van der Waals surface area (Å²) in [5.41, 5.74) is -0.583. The third-order valence-electron chi connectivity index (χ3n) is 4.12. The molecule has 1 rings (SSSR count). The lowest BCUT2D eigenvalue weighted by Crippen LogP contribution is -2.37. The van der Waals surface area contributed by atoms with Gasteiger partial charge in [0.25, 0.3) is 0 Å². The summed E-state index contributed by atoms with van der Waals surface area (Å²) >= 11 is 0. The molecule has 18 heavy (non-hydrogen) atoms. The van der Waals surface area contributed by atoms with Crippen molar-refractivity contribution in [3.63, 3.8) is 0 Å². The second-order valence-electron chi connectivity index (χ2n) is 5.92. The second kappa shape index (κ2) is 7.13. The van der Waals surface area contributed by atoms with E-state index in [9.17, 15) is 9.90 Å². The Morgan fingerprint density at radius 3 is 2.67 bits per heavy atom. The Morgan fingerprint density at radius 2 is 2.06 bits per heavy atom. The molecule has 0 spiro atoms. The molecule has 3 nitrogen and oxygen atoms in total. The summed E-state index contributed by atoms with van der Waals surface area (Å²) in [5, 5.41) is 10.1. The van der Waals surface area contributed by atoms with E-state index in [0.29, 0.717) is 18.9 Å². The van der Waals surface area contributed by atoms with E-state index in [-0.39, 0.29) is 5.92 Å². The molecule has 1 saturated heterocycles. The van der Waals surface area contributed by atoms with E-state index in [4.69, 9.17) is 0 Å². The van der Waals surface area contributed by atoms with Crippen LogP contribution in [0.1, 0.15) is 65.7 Å². The number of carbonyl (C=O) groups excluding carboxylic acids is 1. The third kappa shape index (κ3) is 4.60. The van der Waals surface area contributed by atoms with Crippen molar-refractivity contribution >= 4 is 5.91 Å². The predicted molar refractivity (Wildman–Crippen MR) is 74.4 cm³/mol. The minimum absolute atomic E-state index is 0.188. The first-order chi connectivity index (χ1) is 8.50. The second-order valence-corrected chi connectivity index (χ2v) is 5.92. The van der Waals surface area contributed by atoms with Crippen molar-refractivity contribution < 1.29 is 9.90 Å². The summed E-state index contributed by atoms with van der Waals surface area (Å²) in [4.78, 5) is 14.4. The lowest BCUT2D eigenvalue weighted by Gasteiger charge is -2.26. The van der Waals surface area contributed by atoms with Crippen LogP contribution in [0.2, 0.25) is 0 Å². The number of amides is 1. The Kier molecular flexibility index (Phi) is 6.13. The van der Waals surface area contributed by atoms with Gasteiger partial charge in [-0.05, 0) is 39.0 Å². The summed E-state index contributed by atoms with van der Waals surface area (Å²) < 4.78 is 0. The highest BCUT2D eigenvalue weighted by molar-refractivity contribution is 5.78. The van der Waals surface area contributed by atoms with E-state index in [1.165, 1.54) is 0 Å². The smallest absolute Gasteiger partial charge is 0.225 e. The largest absolute Gasteiger partial charge is 0.390 e. The number of likely N-dealkylation sites (tertiary alicyclic amines) is 1. The van der Waals surface area contributed by atoms with Crippen molar-refractivity contribution in [3.05, 3.63) is 0 Å². The summed E-state index contributed by atoms with van der Waals surface area (Å²) in [5.74, 6) is 0.497. The molecule has 0 saturated carbocycles. The van der Waals surface area contributed by atoms with Gasteiger partial charge in [-0.25, -0.2) is 0 Å². The molecule has 1 amide bonds. The molecule has 0 bridgehead atoms. The fourth-order valence-electron chi connectivity index (χ4n) is 2.69. The molecule has 1 aliphatic rings. The zero-order chi connectivity index (χ0) is 13.6. The van der Waals surface area contributed by atoms with Gasteiger partial charge in [-0.15, -0.1) is 0 Å². The molecule has 1 heterocycles. The highest BCUT2D eigenvalue weighted by Gasteiger charge is 2.29. The van der Waals surface area contributed by atoms with Crippen molar-refractivity contribution in [2.45, 2.75) is 71.3 Å². The zero-order valence-electron chi connectivity index (χ0n) is 12.2. The number of aliphatic hydroxyl groups is 1. The van der Waals surface area contributed by atoms with Crippen LogP contribution in [0.3, 0.4) is 0 Å². The number of hydrogen-bond acceptors (Lipinski definition) is 2. The van der Waals surface area contributed by atoms with Gasteiger partial charge in [0.15, 0.2) is 0 Å². The summed E-state index contributed by atoms with van der Waals surface area (Å²) in [7, 11) is 0. The first-order valence-electron chi connectivity index (χ1n) is 7.51. The van der Waals surface area contributed by atoms with Crippen LogP contribution < -0.4 is 0 Å². The van der Waals surface area contributed by atoms with Crippen LogP contribution in [0.5, 0.6) is 0 Å². The van der Waals surface area contributed by atoms with E-state index in [0.717, 1.165) is 45.1 Å². The number of hydrogen-bond donors (Lipinski definition) is 1. The topological polar surface area (TPSA) is 40.5 Å². The molecule has 1 fully saturated rings. The van der Waals surface area contributed by atoms with Crippen molar-refractivity contribution in [1.82, 2.24) is 4.90 Å². The van der Waals surface area contributed by atoms with Gasteiger partial charge in [0, 0.05) is 19.0 Å². The van der Waals surface area contributed by atoms with E-state index in [2.05, 4.69) is 13.8 Å². The van der Waals surface area contributed by atoms with Gasteiger partial charge in [0.2, 0.25) is 5.91 Å². The van der Waals surface area contributed by atoms with Crippen molar-refractivity contribution in [2.75, 3.05) is 13.1 Å². The molecule has 3 heteroatoms. The van der Waals surface area contributed by atoms with Gasteiger partial charge >= 0.3 is 0 Å². The lowest BCUT2D eigenvalue weighted by atomic mass is 9.97. The van der Waals surface area contributed by atoms with Gasteiger partial charge in [-0.2, -0.15) is 0 Å². The molecule has 2 unspecified atom stereocenters. The number of nitrogens with zero attached hydrogens (tertiary/aromatic N) is 1. The quantitative estimate of drug-likeness (QED) is 0.820. The van der Waals surface area contributed by atoms with Crippen LogP contribution in [0.25, 0.3) is 0 Å². The van der Waals surface area contributed by atoms with Crippen LogP contribution in [-0.2, 0) is 4.79 Å². The summed E-state index contributed by atoms with van der Waals surface area (Å²) in [6, 6.07) is 0. The molecular formula is C15H29NO2. The molecule has 0 radical (unpaired) electrons. The first-order valence-corrected chi connectivity index (χ1v) is 7.51. The molecule has 1 aliphatic heterocycles. The fraction of sp³-hybridized carbons (Fsp3) is 0.933. The van der Waals surface area contributed by atoms with Crippen LogP contribution in [0, 0.1) is 5.92 Å². The Morgan fingerprint density at radius 1 is 1.33 bits per heavy atom. The van der Waals surface area contributed by atoms with Crippen LogP contribution in [0.4, 0.5) is 0 Å². The van der Waals surface area contributed by atoms with Crippen molar-refractivity contribution in [2.24, 2.45) is 5.92 Å². The maximum absolute atomic E-state index is 12.4. The molecule has 1 N–H and O–H groups in total. The number of unbranched alkanes of at least 4 members (excludes halogenated alkanes) is 1. The minimum Gasteiger partial charge on any atom is -0.390 e. The highest BCUT2D eigenvalue weighted by Crippen LogP contribution is 2.24. The Balaban J connectivity index is 2.54. The molecule has 0 aromatic carbocycles. The van der Waals surface area contributed by atoms with Gasteiger partial charge in [0.05, 0.1) is 5.60 Å². The third-order valence-corrected chi connectivity index (χ3v) is 4.12. The Hall–Kier alpha value is -0.570. The highest BCUT2D eigenvalue weighted by atomic mass is 16.3. The van der Waals surface area contributed by atoms with Crippen LogP contribution in [0.15, 0.2) is 0 Å². The van der Waals surface area contributed by atoms with E-state index in [1.54, 1.807) is 0 Å². The summed E-state index contributed by atoms with van der Waals surface area (Å²) in [6.07, 6.45) is 6.67. The zero-order valence-corrected chi connectivity index (χ0v) is 12.2. The average molecular weight is 255 g/mol. The van der Waals surface area contributed by atoms with Gasteiger partial charge in [-0.1, -0.05) is 26.7 Å². The number of rotatable bonds is 5. The normalized spacial score (nSPS) is 26.8. The standard InChI is InChI=1S/C15H29NO2/c1-4-6-8-13(5-2)14(17)16-11-7-9-15(3,18)10-12-16/h13,18H,4-12H2,1-3H3. The average Bonchev–Trinajstić information content (AvgIpc) is 2.51. The van der Waals surface area contributed by atoms with E-state index < -0.39 is 5.60 Å². The van der Waals surface area contributed by atoms with Crippen molar-refractivity contribution in [3.8, 4) is 0 Å². The van der Waals surface area contributed by atoms with E-state index in [1.807, 2.05) is 11.8 Å². The van der Waals surface area contributed by atoms with Crippen LogP contribution in [-0.4, -0.2) is 34.6 Å². The predicted octanol–water partition coefficient (Wildman–Crippen LogP) is 2.97. The minimum atomic E-state index is -0.583. The SMILES string of the molecule is CCCCC(CC)C(=O)N1CCCC(C)(O)CC1. The van der Waals surface area contributed by atoms with Gasteiger partial charge in [0.1, 0.15) is 0 Å². The monoisotopic (exact) mass is 255 g/mol. The molecule has 2 atom stereocenters. The Labute approximate surface area is 112 Å². The lowest BCUT2D eigenvalue weighted by molar-refractivity contribution is -0.136. The van der Waals surface area contributed by atoms with E-state index >= 15 is 0 Å². The Bertz CT molecular complexity index is 263. The maximum atomic E-state index is 12.4. The fourth-order valence-corrected chi connectivity index (χ4v) is 2.69. The molecular weight excluding hydrogens is 226 g/mol. The summed E-state index contributed by atoms with van der Waals surface area (Å²) in [6.45, 7) is 7.69. The molecule has 0 aromatic heterocycles. The molecule has 0 aromatic rings. The van der Waals surface area contributed by atoms with Crippen LogP contribution >= 0.6 is 0 Å². The first kappa shape index (κ1) is 15.5. The molecule has 0 aliphatic carbocycles. The van der Waals surface area contributed by atoms with Gasteiger partial charge < -0.3 is 10.0 Å². The maximum Gasteiger partial charge on any atom is 0.225 e. The van der Waals surface area contributed by atoms with Gasteiger partial charge in [-0.3, -0.25) is 4.79 Å². The molecule has 106 valence electrons. The number of carbonyl (C=O) groups is 1.